The Balaban J connectivity index is 1.70. The van der Waals surface area contributed by atoms with Crippen LogP contribution in [0.1, 0.15) is 24.1 Å². The summed E-state index contributed by atoms with van der Waals surface area (Å²) in [6.45, 7) is 3.09. The Morgan fingerprint density at radius 2 is 1.90 bits per heavy atom. The SMILES string of the molecule is CSc1ccc(C(C)NCc2cccc3[nH]ccc23)cc1. The number of thioether (sulfide) groups is 1. The molecule has 0 aliphatic heterocycles. The second-order valence-corrected chi connectivity index (χ2v) is 6.11. The standard InChI is InChI=1S/C18H20N2S/c1-13(14-6-8-16(21-2)9-7-14)20-12-15-4-3-5-18-17(15)10-11-19-18/h3-11,13,19-20H,12H2,1-2H3. The van der Waals surface area contributed by atoms with Crippen molar-refractivity contribution in [2.75, 3.05) is 6.26 Å². The van der Waals surface area contributed by atoms with Crippen LogP contribution in [0.3, 0.4) is 0 Å². The number of aromatic amines is 1. The lowest BCUT2D eigenvalue weighted by atomic mass is 10.1. The second-order valence-electron chi connectivity index (χ2n) is 5.23. The molecule has 0 saturated heterocycles. The van der Waals surface area contributed by atoms with Crippen LogP contribution >= 0.6 is 11.8 Å². The predicted octanol–water partition coefficient (Wildman–Crippen LogP) is 4.74. The van der Waals surface area contributed by atoms with E-state index in [1.807, 2.05) is 6.20 Å². The summed E-state index contributed by atoms with van der Waals surface area (Å²) in [5, 5.41) is 4.91. The lowest BCUT2D eigenvalue weighted by Gasteiger charge is -2.15. The fraction of sp³-hybridized carbons (Fsp3) is 0.222. The van der Waals surface area contributed by atoms with Gasteiger partial charge in [0.1, 0.15) is 0 Å². The summed E-state index contributed by atoms with van der Waals surface area (Å²) in [6.07, 6.45) is 4.10. The molecule has 0 radical (unpaired) electrons. The van der Waals surface area contributed by atoms with Crippen LogP contribution in [0, 0.1) is 0 Å². The van der Waals surface area contributed by atoms with Crippen molar-refractivity contribution in [2.45, 2.75) is 24.4 Å². The Hall–Kier alpha value is -1.71. The van der Waals surface area contributed by atoms with E-state index in [0.717, 1.165) is 6.54 Å². The highest BCUT2D eigenvalue weighted by molar-refractivity contribution is 7.98. The van der Waals surface area contributed by atoms with Crippen LogP contribution in [-0.4, -0.2) is 11.2 Å². The molecule has 0 saturated carbocycles. The minimum absolute atomic E-state index is 0.343. The zero-order valence-corrected chi connectivity index (χ0v) is 13.2. The molecule has 3 aromatic rings. The Morgan fingerprint density at radius 3 is 2.67 bits per heavy atom. The van der Waals surface area contributed by atoms with Crippen LogP contribution in [0.5, 0.6) is 0 Å². The normalized spacial score (nSPS) is 12.7. The molecule has 3 heteroatoms. The number of hydrogen-bond acceptors (Lipinski definition) is 2. The Bertz CT molecular complexity index is 715. The molecule has 1 atom stereocenters. The van der Waals surface area contributed by atoms with Crippen molar-refractivity contribution in [1.29, 1.82) is 0 Å². The molecular formula is C18H20N2S. The molecular weight excluding hydrogens is 276 g/mol. The first-order valence-corrected chi connectivity index (χ1v) is 8.42. The average molecular weight is 296 g/mol. The van der Waals surface area contributed by atoms with Crippen molar-refractivity contribution in [3.05, 3.63) is 65.9 Å². The maximum absolute atomic E-state index is 3.61. The van der Waals surface area contributed by atoms with E-state index in [1.54, 1.807) is 11.8 Å². The van der Waals surface area contributed by atoms with Gasteiger partial charge >= 0.3 is 0 Å². The van der Waals surface area contributed by atoms with Gasteiger partial charge in [0.15, 0.2) is 0 Å². The summed E-state index contributed by atoms with van der Waals surface area (Å²) in [6, 6.07) is 17.7. The molecule has 0 fully saturated rings. The molecule has 108 valence electrons. The number of nitrogens with one attached hydrogen (secondary N) is 2. The molecule has 2 aromatic carbocycles. The number of hydrogen-bond donors (Lipinski definition) is 2. The van der Waals surface area contributed by atoms with E-state index in [4.69, 9.17) is 0 Å². The van der Waals surface area contributed by atoms with Gasteiger partial charge in [-0.25, -0.2) is 0 Å². The molecule has 0 amide bonds. The van der Waals surface area contributed by atoms with Crippen LogP contribution in [0.15, 0.2) is 59.6 Å². The Kier molecular flexibility index (Phi) is 4.32. The molecule has 0 aliphatic rings. The molecule has 1 unspecified atom stereocenters. The summed E-state index contributed by atoms with van der Waals surface area (Å²) >= 11 is 1.78. The smallest absolute Gasteiger partial charge is 0.0457 e. The lowest BCUT2D eigenvalue weighted by molar-refractivity contribution is 0.576. The number of H-pyrrole nitrogens is 1. The van der Waals surface area contributed by atoms with Gasteiger partial charge in [-0.2, -0.15) is 0 Å². The van der Waals surface area contributed by atoms with E-state index in [-0.39, 0.29) is 0 Å². The molecule has 0 aliphatic carbocycles. The third-order valence-electron chi connectivity index (χ3n) is 3.90. The van der Waals surface area contributed by atoms with Gasteiger partial charge in [0.05, 0.1) is 0 Å². The number of benzene rings is 2. The maximum Gasteiger partial charge on any atom is 0.0457 e. The minimum Gasteiger partial charge on any atom is -0.361 e. The predicted molar refractivity (Wildman–Crippen MR) is 91.8 cm³/mol. The van der Waals surface area contributed by atoms with E-state index >= 15 is 0 Å². The van der Waals surface area contributed by atoms with Gasteiger partial charge in [-0.15, -0.1) is 11.8 Å². The summed E-state index contributed by atoms with van der Waals surface area (Å²) in [4.78, 5) is 4.57. The minimum atomic E-state index is 0.343. The third-order valence-corrected chi connectivity index (χ3v) is 4.64. The van der Waals surface area contributed by atoms with E-state index < -0.39 is 0 Å². The van der Waals surface area contributed by atoms with Crippen LogP contribution in [0.2, 0.25) is 0 Å². The highest BCUT2D eigenvalue weighted by Gasteiger charge is 2.07. The van der Waals surface area contributed by atoms with Crippen LogP contribution in [0.4, 0.5) is 0 Å². The first-order chi connectivity index (χ1) is 10.3. The molecule has 21 heavy (non-hydrogen) atoms. The fourth-order valence-electron chi connectivity index (χ4n) is 2.58. The van der Waals surface area contributed by atoms with Crippen molar-refractivity contribution >= 4 is 22.7 Å². The number of fused-ring (bicyclic) bond motifs is 1. The molecule has 2 nitrogen and oxygen atoms in total. The molecule has 2 N–H and O–H groups in total. The van der Waals surface area contributed by atoms with Crippen molar-refractivity contribution in [1.82, 2.24) is 10.3 Å². The van der Waals surface area contributed by atoms with E-state index in [9.17, 15) is 0 Å². The first kappa shape index (κ1) is 14.2. The zero-order valence-electron chi connectivity index (χ0n) is 12.4. The van der Waals surface area contributed by atoms with Gasteiger partial charge in [-0.3, -0.25) is 0 Å². The number of aromatic nitrogens is 1. The molecule has 1 aromatic heterocycles. The molecule has 1 heterocycles. The van der Waals surface area contributed by atoms with Crippen LogP contribution in [0.25, 0.3) is 10.9 Å². The summed E-state index contributed by atoms with van der Waals surface area (Å²) in [5.41, 5.74) is 3.86. The van der Waals surface area contributed by atoms with E-state index in [2.05, 4.69) is 72.0 Å². The highest BCUT2D eigenvalue weighted by atomic mass is 32.2. The monoisotopic (exact) mass is 296 g/mol. The summed E-state index contributed by atoms with van der Waals surface area (Å²) in [7, 11) is 0. The van der Waals surface area contributed by atoms with Crippen molar-refractivity contribution in [3.63, 3.8) is 0 Å². The van der Waals surface area contributed by atoms with Crippen LogP contribution in [-0.2, 0) is 6.54 Å². The second kappa shape index (κ2) is 6.37. The summed E-state index contributed by atoms with van der Waals surface area (Å²) < 4.78 is 0. The Labute approximate surface area is 130 Å². The molecule has 0 spiro atoms. The van der Waals surface area contributed by atoms with Crippen molar-refractivity contribution in [2.24, 2.45) is 0 Å². The van der Waals surface area contributed by atoms with Crippen LogP contribution < -0.4 is 5.32 Å². The van der Waals surface area contributed by atoms with Gasteiger partial charge in [0.2, 0.25) is 0 Å². The topological polar surface area (TPSA) is 27.8 Å². The first-order valence-electron chi connectivity index (χ1n) is 7.20. The van der Waals surface area contributed by atoms with E-state index in [1.165, 1.54) is 26.9 Å². The van der Waals surface area contributed by atoms with Gasteiger partial charge in [0, 0.05) is 34.6 Å². The lowest BCUT2D eigenvalue weighted by Crippen LogP contribution is -2.18. The number of rotatable bonds is 5. The van der Waals surface area contributed by atoms with Crippen molar-refractivity contribution < 1.29 is 0 Å². The van der Waals surface area contributed by atoms with E-state index in [0.29, 0.717) is 6.04 Å². The molecule has 3 rings (SSSR count). The fourth-order valence-corrected chi connectivity index (χ4v) is 2.99. The highest BCUT2D eigenvalue weighted by Crippen LogP contribution is 2.21. The van der Waals surface area contributed by atoms with Crippen molar-refractivity contribution in [3.8, 4) is 0 Å². The quantitative estimate of drug-likeness (QED) is 0.666. The van der Waals surface area contributed by atoms with Gasteiger partial charge in [0.25, 0.3) is 0 Å². The molecule has 0 bridgehead atoms. The zero-order chi connectivity index (χ0) is 14.7. The maximum atomic E-state index is 3.61. The Morgan fingerprint density at radius 1 is 1.10 bits per heavy atom. The summed E-state index contributed by atoms with van der Waals surface area (Å²) in [5.74, 6) is 0. The third kappa shape index (κ3) is 3.14. The van der Waals surface area contributed by atoms with Gasteiger partial charge in [-0.1, -0.05) is 24.3 Å². The van der Waals surface area contributed by atoms with Gasteiger partial charge in [-0.05, 0) is 48.6 Å². The van der Waals surface area contributed by atoms with Gasteiger partial charge < -0.3 is 10.3 Å². The average Bonchev–Trinajstić information content (AvgIpc) is 3.02. The largest absolute Gasteiger partial charge is 0.361 e.